The van der Waals surface area contributed by atoms with Crippen LogP contribution in [0, 0.1) is 12.8 Å². The minimum Gasteiger partial charge on any atom is -0.491 e. The minimum atomic E-state index is -0.477. The quantitative estimate of drug-likeness (QED) is 0.692. The van der Waals surface area contributed by atoms with E-state index in [1.165, 1.54) is 0 Å². The van der Waals surface area contributed by atoms with Gasteiger partial charge in [0.15, 0.2) is 0 Å². The zero-order valence-electron chi connectivity index (χ0n) is 17.0. The second-order valence-corrected chi connectivity index (χ2v) is 7.68. The summed E-state index contributed by atoms with van der Waals surface area (Å²) in [6, 6.07) is 5.67. The van der Waals surface area contributed by atoms with E-state index in [1.54, 1.807) is 0 Å². The number of ether oxygens (including phenoxy) is 1. The van der Waals surface area contributed by atoms with Crippen molar-refractivity contribution in [1.29, 1.82) is 0 Å². The smallest absolute Gasteiger partial charge is 0.231 e. The van der Waals surface area contributed by atoms with Crippen molar-refractivity contribution in [2.24, 2.45) is 5.92 Å². The van der Waals surface area contributed by atoms with Gasteiger partial charge in [0.1, 0.15) is 12.4 Å². The second kappa shape index (κ2) is 9.89. The van der Waals surface area contributed by atoms with Crippen LogP contribution in [-0.2, 0) is 9.59 Å². The zero-order valence-corrected chi connectivity index (χ0v) is 17.0. The number of nitrogens with zero attached hydrogens (tertiary/aromatic N) is 2. The van der Waals surface area contributed by atoms with Crippen molar-refractivity contribution in [3.05, 3.63) is 23.8 Å². The van der Waals surface area contributed by atoms with Crippen molar-refractivity contribution >= 4 is 17.5 Å². The molecule has 7 nitrogen and oxygen atoms in total. The number of benzene rings is 1. The lowest BCUT2D eigenvalue weighted by atomic mass is 10.1. The van der Waals surface area contributed by atoms with E-state index < -0.39 is 5.92 Å². The van der Waals surface area contributed by atoms with Crippen LogP contribution in [0.5, 0.6) is 5.75 Å². The van der Waals surface area contributed by atoms with E-state index in [-0.39, 0.29) is 24.8 Å². The van der Waals surface area contributed by atoms with E-state index in [2.05, 4.69) is 27.4 Å². The summed E-state index contributed by atoms with van der Waals surface area (Å²) in [5.41, 5.74) is 1.74. The third-order valence-corrected chi connectivity index (χ3v) is 5.52. The number of rotatable bonds is 7. The molecule has 2 heterocycles. The van der Waals surface area contributed by atoms with Crippen LogP contribution in [0.2, 0.25) is 0 Å². The maximum atomic E-state index is 12.4. The molecule has 2 aliphatic heterocycles. The van der Waals surface area contributed by atoms with Gasteiger partial charge in [0.2, 0.25) is 11.8 Å². The summed E-state index contributed by atoms with van der Waals surface area (Å²) in [4.78, 5) is 29.6. The molecule has 28 heavy (non-hydrogen) atoms. The minimum absolute atomic E-state index is 0.0957. The Balaban J connectivity index is 1.36. The first-order valence-electron chi connectivity index (χ1n) is 10.3. The van der Waals surface area contributed by atoms with E-state index in [0.29, 0.717) is 18.0 Å². The van der Waals surface area contributed by atoms with Crippen LogP contribution in [0.15, 0.2) is 18.2 Å². The number of fused-ring (bicyclic) bond motifs is 1. The van der Waals surface area contributed by atoms with Crippen molar-refractivity contribution in [1.82, 2.24) is 15.1 Å². The van der Waals surface area contributed by atoms with Crippen LogP contribution in [0.1, 0.15) is 25.3 Å². The molecule has 0 radical (unpaired) electrons. The van der Waals surface area contributed by atoms with Gasteiger partial charge in [-0.2, -0.15) is 0 Å². The highest BCUT2D eigenvalue weighted by Gasteiger charge is 2.27. The fraction of sp³-hybridized carbons (Fsp3) is 0.619. The van der Waals surface area contributed by atoms with Crippen LogP contribution in [-0.4, -0.2) is 74.0 Å². The summed E-state index contributed by atoms with van der Waals surface area (Å²) in [5, 5.41) is 5.82. The van der Waals surface area contributed by atoms with E-state index in [9.17, 15) is 9.59 Å². The Kier molecular flexibility index (Phi) is 7.28. The first-order valence-corrected chi connectivity index (χ1v) is 10.3. The van der Waals surface area contributed by atoms with Crippen LogP contribution in [0.25, 0.3) is 0 Å². The second-order valence-electron chi connectivity index (χ2n) is 7.68. The molecule has 1 fully saturated rings. The van der Waals surface area contributed by atoms with Crippen molar-refractivity contribution < 1.29 is 14.3 Å². The number of nitrogens with one attached hydrogen (secondary N) is 2. The Bertz CT molecular complexity index is 686. The highest BCUT2D eigenvalue weighted by molar-refractivity contribution is 5.97. The van der Waals surface area contributed by atoms with Crippen LogP contribution >= 0.6 is 0 Å². The number of carbonyl (C=O) groups excluding carboxylic acids is 2. The topological polar surface area (TPSA) is 73.9 Å². The lowest BCUT2D eigenvalue weighted by Crippen LogP contribution is -2.46. The maximum Gasteiger partial charge on any atom is 0.231 e. The predicted octanol–water partition coefficient (Wildman–Crippen LogP) is 1.48. The largest absolute Gasteiger partial charge is 0.491 e. The lowest BCUT2D eigenvalue weighted by molar-refractivity contribution is -0.128. The SMILES string of the molecule is CCN1CCN(CCCNC(=O)CC2COc3cc(C)ccc3NC2=O)CC1. The van der Waals surface area contributed by atoms with Crippen LogP contribution < -0.4 is 15.4 Å². The summed E-state index contributed by atoms with van der Waals surface area (Å²) in [7, 11) is 0. The summed E-state index contributed by atoms with van der Waals surface area (Å²) < 4.78 is 5.76. The third kappa shape index (κ3) is 5.69. The average Bonchev–Trinajstić information content (AvgIpc) is 2.84. The van der Waals surface area contributed by atoms with E-state index in [1.807, 2.05) is 25.1 Å². The molecule has 0 aliphatic carbocycles. The number of hydrogen-bond acceptors (Lipinski definition) is 5. The number of aryl methyl sites for hydroxylation is 1. The first-order chi connectivity index (χ1) is 13.5. The number of anilines is 1. The molecule has 1 atom stereocenters. The van der Waals surface area contributed by atoms with E-state index in [4.69, 9.17) is 4.74 Å². The Labute approximate surface area is 167 Å². The lowest BCUT2D eigenvalue weighted by Gasteiger charge is -2.33. The third-order valence-electron chi connectivity index (χ3n) is 5.52. The number of piperazine rings is 1. The van der Waals surface area contributed by atoms with E-state index >= 15 is 0 Å². The van der Waals surface area contributed by atoms with Gasteiger partial charge >= 0.3 is 0 Å². The monoisotopic (exact) mass is 388 g/mol. The van der Waals surface area contributed by atoms with Gasteiger partial charge in [-0.3, -0.25) is 9.59 Å². The molecule has 0 aromatic heterocycles. The average molecular weight is 389 g/mol. The summed E-state index contributed by atoms with van der Waals surface area (Å²) in [5.74, 6) is -0.0671. The molecular weight excluding hydrogens is 356 g/mol. The van der Waals surface area contributed by atoms with Gasteiger partial charge in [0.05, 0.1) is 11.6 Å². The molecule has 2 N–H and O–H groups in total. The van der Waals surface area contributed by atoms with Crippen molar-refractivity contribution in [2.75, 3.05) is 57.7 Å². The van der Waals surface area contributed by atoms with Crippen molar-refractivity contribution in [2.45, 2.75) is 26.7 Å². The van der Waals surface area contributed by atoms with Gasteiger partial charge in [-0.25, -0.2) is 0 Å². The Morgan fingerprint density at radius 3 is 2.75 bits per heavy atom. The number of carbonyl (C=O) groups is 2. The molecule has 2 aliphatic rings. The molecular formula is C21H32N4O3. The number of amides is 2. The summed E-state index contributed by atoms with van der Waals surface area (Å²) in [6.07, 6.45) is 1.07. The molecule has 1 saturated heterocycles. The van der Waals surface area contributed by atoms with Gasteiger partial charge < -0.3 is 25.2 Å². The number of hydrogen-bond donors (Lipinski definition) is 2. The van der Waals surface area contributed by atoms with E-state index in [0.717, 1.165) is 51.3 Å². The van der Waals surface area contributed by atoms with Crippen molar-refractivity contribution in [3.8, 4) is 5.75 Å². The molecule has 0 spiro atoms. The van der Waals surface area contributed by atoms with Gasteiger partial charge in [-0.1, -0.05) is 13.0 Å². The maximum absolute atomic E-state index is 12.4. The van der Waals surface area contributed by atoms with Crippen LogP contribution in [0.4, 0.5) is 5.69 Å². The fourth-order valence-electron chi connectivity index (χ4n) is 3.66. The Morgan fingerprint density at radius 2 is 2.00 bits per heavy atom. The summed E-state index contributed by atoms with van der Waals surface area (Å²) >= 11 is 0. The molecule has 3 rings (SSSR count). The van der Waals surface area contributed by atoms with Gasteiger partial charge in [0, 0.05) is 39.1 Å². The highest BCUT2D eigenvalue weighted by Crippen LogP contribution is 2.29. The van der Waals surface area contributed by atoms with Gasteiger partial charge in [0.25, 0.3) is 0 Å². The highest BCUT2D eigenvalue weighted by atomic mass is 16.5. The Morgan fingerprint density at radius 1 is 1.25 bits per heavy atom. The molecule has 154 valence electrons. The molecule has 1 aromatic rings. The molecule has 1 aromatic carbocycles. The normalized spacial score (nSPS) is 20.6. The zero-order chi connectivity index (χ0) is 19.9. The van der Waals surface area contributed by atoms with Gasteiger partial charge in [-0.05, 0) is 44.1 Å². The van der Waals surface area contributed by atoms with Crippen molar-refractivity contribution in [3.63, 3.8) is 0 Å². The van der Waals surface area contributed by atoms with Crippen LogP contribution in [0.3, 0.4) is 0 Å². The molecule has 1 unspecified atom stereocenters. The predicted molar refractivity (Wildman–Crippen MR) is 110 cm³/mol. The molecule has 2 amide bonds. The standard InChI is InChI=1S/C21H32N4O3/c1-3-24-9-11-25(12-10-24)8-4-7-22-20(26)14-17-15-28-19-13-16(2)5-6-18(19)23-21(17)27/h5-6,13,17H,3-4,7-12,14-15H2,1-2H3,(H,22,26)(H,23,27). The fourth-order valence-corrected chi connectivity index (χ4v) is 3.66. The Hall–Kier alpha value is -2.12. The van der Waals surface area contributed by atoms with Gasteiger partial charge in [-0.15, -0.1) is 0 Å². The summed E-state index contributed by atoms with van der Waals surface area (Å²) in [6.45, 7) is 11.6. The molecule has 7 heteroatoms. The first kappa shape index (κ1) is 20.6. The molecule has 0 saturated carbocycles. The number of likely N-dealkylation sites (N-methyl/N-ethyl adjacent to an activating group) is 1. The molecule has 0 bridgehead atoms.